The van der Waals surface area contributed by atoms with Crippen LogP contribution in [0.5, 0.6) is 5.88 Å². The van der Waals surface area contributed by atoms with Crippen molar-refractivity contribution < 1.29 is 28.2 Å². The maximum Gasteiger partial charge on any atom is 0.344 e. The number of carbonyl (C=O) groups excluding carboxylic acids is 1. The van der Waals surface area contributed by atoms with E-state index in [-0.39, 0.29) is 35.2 Å². The molecule has 2 heterocycles. The summed E-state index contributed by atoms with van der Waals surface area (Å²) in [5.74, 6) is -1.43. The summed E-state index contributed by atoms with van der Waals surface area (Å²) < 4.78 is 28.3. The highest BCUT2D eigenvalue weighted by Crippen LogP contribution is 2.31. The molecule has 0 bridgehead atoms. The second-order valence-electron chi connectivity index (χ2n) is 5.77. The van der Waals surface area contributed by atoms with E-state index in [4.69, 9.17) is 9.15 Å². The number of aromatic nitrogens is 1. The Hall–Kier alpha value is -3.40. The maximum absolute atomic E-state index is 13.9. The van der Waals surface area contributed by atoms with Crippen LogP contribution in [0.25, 0.3) is 0 Å². The Morgan fingerprint density at radius 3 is 2.86 bits per heavy atom. The summed E-state index contributed by atoms with van der Waals surface area (Å²) in [5, 5.41) is 14.4. The van der Waals surface area contributed by atoms with Crippen LogP contribution in [0, 0.1) is 12.7 Å². The lowest BCUT2D eigenvalue weighted by Crippen LogP contribution is -2.28. The second-order valence-corrected chi connectivity index (χ2v) is 6.54. The van der Waals surface area contributed by atoms with E-state index in [0.717, 1.165) is 17.1 Å². The molecule has 0 fully saturated rings. The summed E-state index contributed by atoms with van der Waals surface area (Å²) in [6.45, 7) is 1.70. The molecule has 146 valence electrons. The van der Waals surface area contributed by atoms with E-state index in [1.54, 1.807) is 31.2 Å². The number of furan rings is 1. The molecule has 0 unspecified atom stereocenters. The first-order valence-corrected chi connectivity index (χ1v) is 8.89. The summed E-state index contributed by atoms with van der Waals surface area (Å²) >= 11 is 0.753. The number of urea groups is 1. The number of amides is 2. The van der Waals surface area contributed by atoms with Crippen LogP contribution in [0.3, 0.4) is 0 Å². The number of anilines is 1. The summed E-state index contributed by atoms with van der Waals surface area (Å²) in [6.07, 6.45) is 1.47. The first kappa shape index (κ1) is 19.4. The monoisotopic (exact) mass is 405 g/mol. The third-order valence-electron chi connectivity index (χ3n) is 3.68. The van der Waals surface area contributed by atoms with Gasteiger partial charge in [0.05, 0.1) is 12.8 Å². The number of carbonyl (C=O) groups is 2. The van der Waals surface area contributed by atoms with E-state index in [0.29, 0.717) is 5.76 Å². The Morgan fingerprint density at radius 2 is 2.18 bits per heavy atom. The standard InChI is InChI=1S/C18H16FN3O5S/c1-10-4-5-11(13(19)7-10)9-27-15-14(17(23)24)16(28-22-15)21-18(25)20-8-12-3-2-6-26-12/h2-7H,8-9H2,1H3,(H,23,24)(H2,20,21,25). The first-order valence-electron chi connectivity index (χ1n) is 8.12. The van der Waals surface area contributed by atoms with Gasteiger partial charge in [-0.05, 0) is 42.2 Å². The number of nitrogens with zero attached hydrogens (tertiary/aromatic N) is 1. The first-order chi connectivity index (χ1) is 13.4. The average molecular weight is 405 g/mol. The van der Waals surface area contributed by atoms with Gasteiger partial charge in [0.25, 0.3) is 0 Å². The molecular formula is C18H16FN3O5S. The summed E-state index contributed by atoms with van der Waals surface area (Å²) in [4.78, 5) is 23.6. The van der Waals surface area contributed by atoms with Crippen LogP contribution in [-0.2, 0) is 13.2 Å². The van der Waals surface area contributed by atoms with Crippen molar-refractivity contribution in [2.75, 3.05) is 5.32 Å². The van der Waals surface area contributed by atoms with E-state index in [1.165, 1.54) is 12.3 Å². The van der Waals surface area contributed by atoms with E-state index >= 15 is 0 Å². The molecule has 2 amide bonds. The van der Waals surface area contributed by atoms with Crippen molar-refractivity contribution in [3.63, 3.8) is 0 Å². The van der Waals surface area contributed by atoms with Crippen molar-refractivity contribution in [3.05, 3.63) is 64.9 Å². The van der Waals surface area contributed by atoms with Crippen molar-refractivity contribution in [1.82, 2.24) is 9.69 Å². The van der Waals surface area contributed by atoms with Gasteiger partial charge in [-0.1, -0.05) is 12.1 Å². The Balaban J connectivity index is 1.67. The fourth-order valence-electron chi connectivity index (χ4n) is 2.29. The Kier molecular flexibility index (Phi) is 5.90. The van der Waals surface area contributed by atoms with Gasteiger partial charge in [-0.25, -0.2) is 14.0 Å². The molecule has 3 N–H and O–H groups in total. The van der Waals surface area contributed by atoms with Crippen molar-refractivity contribution in [2.24, 2.45) is 0 Å². The van der Waals surface area contributed by atoms with Crippen molar-refractivity contribution in [1.29, 1.82) is 0 Å². The smallest absolute Gasteiger partial charge is 0.344 e. The van der Waals surface area contributed by atoms with Gasteiger partial charge >= 0.3 is 12.0 Å². The van der Waals surface area contributed by atoms with Gasteiger partial charge in [-0.3, -0.25) is 5.32 Å². The molecule has 3 aromatic rings. The molecule has 2 aromatic heterocycles. The highest BCUT2D eigenvalue weighted by Gasteiger charge is 2.23. The average Bonchev–Trinajstić information content (AvgIpc) is 3.29. The van der Waals surface area contributed by atoms with Gasteiger partial charge in [0.1, 0.15) is 23.2 Å². The summed E-state index contributed by atoms with van der Waals surface area (Å²) in [6, 6.07) is 7.37. The molecule has 0 radical (unpaired) electrons. The van der Waals surface area contributed by atoms with Crippen LogP contribution in [-0.4, -0.2) is 21.5 Å². The summed E-state index contributed by atoms with van der Waals surface area (Å²) in [7, 11) is 0. The predicted octanol–water partition coefficient (Wildman–Crippen LogP) is 3.78. The Labute approximate surface area is 163 Å². The number of hydrogen-bond acceptors (Lipinski definition) is 6. The van der Waals surface area contributed by atoms with Gasteiger partial charge in [-0.15, -0.1) is 0 Å². The van der Waals surface area contributed by atoms with Gasteiger partial charge in [0, 0.05) is 5.56 Å². The molecule has 3 rings (SSSR count). The number of halogens is 1. The van der Waals surface area contributed by atoms with E-state index in [2.05, 4.69) is 15.0 Å². The van der Waals surface area contributed by atoms with Gasteiger partial charge in [0.2, 0.25) is 5.88 Å². The zero-order valence-corrected chi connectivity index (χ0v) is 15.5. The number of aromatic carboxylic acids is 1. The molecule has 0 aliphatic carbocycles. The van der Waals surface area contributed by atoms with Crippen LogP contribution >= 0.6 is 11.5 Å². The number of benzene rings is 1. The molecule has 10 heteroatoms. The van der Waals surface area contributed by atoms with Crippen molar-refractivity contribution in [3.8, 4) is 5.88 Å². The van der Waals surface area contributed by atoms with Gasteiger partial charge < -0.3 is 19.6 Å². The van der Waals surface area contributed by atoms with E-state index < -0.39 is 17.8 Å². The number of hydrogen-bond donors (Lipinski definition) is 3. The molecule has 0 aliphatic rings. The summed E-state index contributed by atoms with van der Waals surface area (Å²) in [5.41, 5.74) is 0.722. The van der Waals surface area contributed by atoms with Crippen LogP contribution in [0.2, 0.25) is 0 Å². The van der Waals surface area contributed by atoms with Crippen LogP contribution < -0.4 is 15.4 Å². The number of carboxylic acid groups (broad SMARTS) is 1. The molecule has 28 heavy (non-hydrogen) atoms. The third kappa shape index (κ3) is 4.65. The predicted molar refractivity (Wildman–Crippen MR) is 99.1 cm³/mol. The van der Waals surface area contributed by atoms with Crippen LogP contribution in [0.4, 0.5) is 14.2 Å². The SMILES string of the molecule is Cc1ccc(COc2nsc(NC(=O)NCc3ccco3)c2C(=O)O)c(F)c1. The molecule has 0 aliphatic heterocycles. The normalized spacial score (nSPS) is 10.5. The molecular weight excluding hydrogens is 389 g/mol. The van der Waals surface area contributed by atoms with Crippen LogP contribution in [0.1, 0.15) is 27.2 Å². The van der Waals surface area contributed by atoms with Gasteiger partial charge in [-0.2, -0.15) is 4.37 Å². The number of rotatable bonds is 7. The molecule has 0 saturated carbocycles. The minimum Gasteiger partial charge on any atom is -0.477 e. The van der Waals surface area contributed by atoms with Crippen molar-refractivity contribution in [2.45, 2.75) is 20.1 Å². The zero-order valence-electron chi connectivity index (χ0n) is 14.7. The minimum atomic E-state index is -1.32. The van der Waals surface area contributed by atoms with Crippen molar-refractivity contribution >= 4 is 28.5 Å². The lowest BCUT2D eigenvalue weighted by atomic mass is 10.1. The van der Waals surface area contributed by atoms with Gasteiger partial charge in [0.15, 0.2) is 5.56 Å². The lowest BCUT2D eigenvalue weighted by Gasteiger charge is -2.07. The second kappa shape index (κ2) is 8.53. The quantitative estimate of drug-likeness (QED) is 0.551. The number of ether oxygens (including phenoxy) is 1. The maximum atomic E-state index is 13.9. The molecule has 0 atom stereocenters. The lowest BCUT2D eigenvalue weighted by molar-refractivity contribution is 0.0693. The topological polar surface area (TPSA) is 114 Å². The molecule has 1 aromatic carbocycles. The fourth-order valence-corrected chi connectivity index (χ4v) is 3.01. The zero-order chi connectivity index (χ0) is 20.1. The van der Waals surface area contributed by atoms with E-state index in [1.807, 2.05) is 0 Å². The highest BCUT2D eigenvalue weighted by molar-refractivity contribution is 7.11. The minimum absolute atomic E-state index is 0.00354. The fraction of sp³-hybridized carbons (Fsp3) is 0.167. The number of carboxylic acids is 1. The Bertz CT molecular complexity index is 987. The largest absolute Gasteiger partial charge is 0.477 e. The van der Waals surface area contributed by atoms with Crippen LogP contribution in [0.15, 0.2) is 41.0 Å². The number of nitrogens with one attached hydrogen (secondary N) is 2. The molecule has 8 nitrogen and oxygen atoms in total. The molecule has 0 saturated heterocycles. The number of aryl methyl sites for hydroxylation is 1. The molecule has 0 spiro atoms. The Morgan fingerprint density at radius 1 is 1.36 bits per heavy atom. The third-order valence-corrected chi connectivity index (χ3v) is 4.42. The van der Waals surface area contributed by atoms with E-state index in [9.17, 15) is 19.1 Å². The highest BCUT2D eigenvalue weighted by atomic mass is 32.1.